The number of hydrogen-bond donors (Lipinski definition) is 3. The summed E-state index contributed by atoms with van der Waals surface area (Å²) in [5.41, 5.74) is 0. The predicted molar refractivity (Wildman–Crippen MR) is 46.1 cm³/mol. The molecule has 0 atom stereocenters. The summed E-state index contributed by atoms with van der Waals surface area (Å²) < 4.78 is 4.47. The van der Waals surface area contributed by atoms with Gasteiger partial charge in [0, 0.05) is 0 Å². The Kier molecular flexibility index (Phi) is 6.20. The SMILES string of the molecule is OB(O)Oc1ccc(O)cc1.[KH]. The average Bonchev–Trinajstić information content (AvgIpc) is 1.93. The zero-order chi connectivity index (χ0) is 8.27. The Morgan fingerprint density at radius 2 is 1.58 bits per heavy atom. The molecule has 0 heterocycles. The fourth-order valence-corrected chi connectivity index (χ4v) is 0.646. The molecule has 0 amide bonds. The molecule has 0 aliphatic heterocycles. The van der Waals surface area contributed by atoms with E-state index in [9.17, 15) is 0 Å². The van der Waals surface area contributed by atoms with E-state index in [0.29, 0.717) is 0 Å². The zero-order valence-electron chi connectivity index (χ0n) is 5.64. The quantitative estimate of drug-likeness (QED) is 0.533. The number of aromatic hydroxyl groups is 1. The fraction of sp³-hybridized carbons (Fsp3) is 0. The van der Waals surface area contributed by atoms with E-state index in [2.05, 4.69) is 4.65 Å². The molecule has 0 unspecified atom stereocenters. The molecule has 0 aliphatic carbocycles. The van der Waals surface area contributed by atoms with Gasteiger partial charge in [-0.15, -0.1) is 0 Å². The van der Waals surface area contributed by atoms with Crippen molar-refractivity contribution in [2.24, 2.45) is 0 Å². The van der Waals surface area contributed by atoms with Crippen molar-refractivity contribution in [3.05, 3.63) is 24.3 Å². The second-order valence-corrected chi connectivity index (χ2v) is 1.94. The maximum absolute atomic E-state index is 8.81. The molecule has 0 aliphatic rings. The Bertz CT molecular complexity index is 225. The molecule has 0 spiro atoms. The molecule has 0 saturated heterocycles. The Balaban J connectivity index is 0.00000121. The molecule has 1 aromatic carbocycles. The van der Waals surface area contributed by atoms with Crippen molar-refractivity contribution in [1.29, 1.82) is 0 Å². The van der Waals surface area contributed by atoms with E-state index in [-0.39, 0.29) is 62.9 Å². The Morgan fingerprint density at radius 1 is 1.08 bits per heavy atom. The molecule has 1 rings (SSSR count). The molecule has 1 aromatic rings. The summed E-state index contributed by atoms with van der Waals surface area (Å²) in [7, 11) is -1.82. The summed E-state index contributed by atoms with van der Waals surface area (Å²) in [5, 5.41) is 25.5. The van der Waals surface area contributed by atoms with Crippen molar-refractivity contribution in [3.63, 3.8) is 0 Å². The first-order chi connectivity index (χ1) is 5.18. The van der Waals surface area contributed by atoms with Gasteiger partial charge < -0.3 is 19.8 Å². The van der Waals surface area contributed by atoms with Crippen molar-refractivity contribution in [2.45, 2.75) is 0 Å². The van der Waals surface area contributed by atoms with Gasteiger partial charge in [0.15, 0.2) is 0 Å². The Hall–Kier alpha value is 0.441. The number of benzene rings is 1. The van der Waals surface area contributed by atoms with Crippen LogP contribution in [0.4, 0.5) is 0 Å². The summed E-state index contributed by atoms with van der Waals surface area (Å²) in [6, 6.07) is 5.62. The van der Waals surface area contributed by atoms with Crippen molar-refractivity contribution in [2.75, 3.05) is 0 Å². The van der Waals surface area contributed by atoms with Gasteiger partial charge in [0.25, 0.3) is 0 Å². The van der Waals surface area contributed by atoms with Crippen LogP contribution in [0.3, 0.4) is 0 Å². The number of rotatable bonds is 2. The monoisotopic (exact) mass is 194 g/mol. The van der Waals surface area contributed by atoms with Crippen LogP contribution in [-0.4, -0.2) is 73.9 Å². The van der Waals surface area contributed by atoms with Crippen molar-refractivity contribution >= 4 is 58.7 Å². The first-order valence-corrected chi connectivity index (χ1v) is 3.00. The van der Waals surface area contributed by atoms with Crippen LogP contribution in [0.2, 0.25) is 0 Å². The summed E-state index contributed by atoms with van der Waals surface area (Å²) in [6.45, 7) is 0. The second-order valence-electron chi connectivity index (χ2n) is 1.94. The molecule has 60 valence electrons. The fourth-order valence-electron chi connectivity index (χ4n) is 0.646. The van der Waals surface area contributed by atoms with Gasteiger partial charge in [0.1, 0.15) is 11.5 Å². The van der Waals surface area contributed by atoms with Gasteiger partial charge in [0.05, 0.1) is 0 Å². The summed E-state index contributed by atoms with van der Waals surface area (Å²) in [6.07, 6.45) is 0. The molecule has 6 heteroatoms. The molecule has 0 saturated carbocycles. The van der Waals surface area contributed by atoms with E-state index in [1.54, 1.807) is 0 Å². The molecule has 0 aromatic heterocycles. The third-order valence-corrected chi connectivity index (χ3v) is 1.08. The second kappa shape index (κ2) is 5.98. The van der Waals surface area contributed by atoms with Crippen LogP contribution in [0.1, 0.15) is 0 Å². The third kappa shape index (κ3) is 4.46. The van der Waals surface area contributed by atoms with Gasteiger partial charge in [-0.25, -0.2) is 0 Å². The van der Waals surface area contributed by atoms with E-state index in [0.717, 1.165) is 0 Å². The minimum atomic E-state index is -1.82. The van der Waals surface area contributed by atoms with Gasteiger partial charge >= 0.3 is 58.7 Å². The normalized spacial score (nSPS) is 8.50. The standard InChI is InChI=1S/C6H7BO4.K.H/c8-5-1-3-6(4-2-5)11-7(9)10;;/h1-4,8-10H;;. The molecule has 3 N–H and O–H groups in total. The van der Waals surface area contributed by atoms with Crippen molar-refractivity contribution in [1.82, 2.24) is 0 Å². The van der Waals surface area contributed by atoms with E-state index >= 15 is 0 Å². The minimum absolute atomic E-state index is 0. The zero-order valence-corrected chi connectivity index (χ0v) is 5.64. The van der Waals surface area contributed by atoms with Crippen LogP contribution in [0.25, 0.3) is 0 Å². The molecular formula is C6H8BKO4. The molecular weight excluding hydrogens is 186 g/mol. The number of phenolic OH excluding ortho intramolecular Hbond substituents is 1. The van der Waals surface area contributed by atoms with Gasteiger partial charge in [-0.2, -0.15) is 0 Å². The van der Waals surface area contributed by atoms with Crippen LogP contribution < -0.4 is 4.65 Å². The molecule has 0 fully saturated rings. The van der Waals surface area contributed by atoms with Crippen LogP contribution in [0.15, 0.2) is 24.3 Å². The van der Waals surface area contributed by atoms with Gasteiger partial charge in [0.2, 0.25) is 0 Å². The maximum atomic E-state index is 8.81. The third-order valence-electron chi connectivity index (χ3n) is 1.08. The van der Waals surface area contributed by atoms with E-state index in [1.807, 2.05) is 0 Å². The number of hydrogen-bond acceptors (Lipinski definition) is 4. The van der Waals surface area contributed by atoms with Crippen molar-refractivity contribution in [3.8, 4) is 11.5 Å². The molecule has 0 bridgehead atoms. The molecule has 0 radical (unpaired) electrons. The Labute approximate surface area is 113 Å². The molecule has 12 heavy (non-hydrogen) atoms. The average molecular weight is 194 g/mol. The van der Waals surface area contributed by atoms with E-state index in [1.165, 1.54) is 24.3 Å². The van der Waals surface area contributed by atoms with Crippen LogP contribution in [-0.2, 0) is 0 Å². The predicted octanol–water partition coefficient (Wildman–Crippen LogP) is -0.908. The summed E-state index contributed by atoms with van der Waals surface area (Å²) in [5.74, 6) is 0.391. The van der Waals surface area contributed by atoms with Crippen molar-refractivity contribution < 1.29 is 19.8 Å². The first kappa shape index (κ1) is 12.4. The summed E-state index contributed by atoms with van der Waals surface area (Å²) >= 11 is 0. The molecule has 4 nitrogen and oxygen atoms in total. The first-order valence-electron chi connectivity index (χ1n) is 3.00. The Morgan fingerprint density at radius 3 is 2.00 bits per heavy atom. The topological polar surface area (TPSA) is 69.9 Å². The number of phenols is 1. The van der Waals surface area contributed by atoms with Gasteiger partial charge in [-0.05, 0) is 24.3 Å². The summed E-state index contributed by atoms with van der Waals surface area (Å²) in [4.78, 5) is 0. The van der Waals surface area contributed by atoms with Gasteiger partial charge in [-0.3, -0.25) is 0 Å². The van der Waals surface area contributed by atoms with E-state index in [4.69, 9.17) is 15.2 Å². The van der Waals surface area contributed by atoms with Gasteiger partial charge in [-0.1, -0.05) is 0 Å². The van der Waals surface area contributed by atoms with E-state index < -0.39 is 7.32 Å². The van der Waals surface area contributed by atoms with Crippen LogP contribution >= 0.6 is 0 Å². The van der Waals surface area contributed by atoms with Crippen LogP contribution in [0.5, 0.6) is 11.5 Å². The van der Waals surface area contributed by atoms with Crippen LogP contribution in [0, 0.1) is 0 Å².